The van der Waals surface area contributed by atoms with E-state index in [0.717, 1.165) is 12.1 Å². The van der Waals surface area contributed by atoms with Crippen LogP contribution in [0.25, 0.3) is 0 Å². The van der Waals surface area contributed by atoms with Gasteiger partial charge in [-0.3, -0.25) is 9.48 Å². The molecular formula is C19H24ClN5O3S. The van der Waals surface area contributed by atoms with Gasteiger partial charge in [0, 0.05) is 62.7 Å². The maximum absolute atomic E-state index is 13.3. The van der Waals surface area contributed by atoms with Gasteiger partial charge in [-0.05, 0) is 24.6 Å². The molecule has 2 aromatic rings. The normalized spacial score (nSPS) is 17.6. The summed E-state index contributed by atoms with van der Waals surface area (Å²) in [5.74, 6) is -0.261. The Morgan fingerprint density at radius 3 is 2.48 bits per heavy atom. The monoisotopic (exact) mass is 437 g/mol. The molecule has 1 aromatic heterocycles. The minimum Gasteiger partial charge on any atom is -0.369 e. The lowest BCUT2D eigenvalue weighted by molar-refractivity contribution is 0.0881. The van der Waals surface area contributed by atoms with Gasteiger partial charge in [-0.15, -0.1) is 0 Å². The number of halogens is 1. The standard InChI is InChI=1S/C19H24ClN5O3S/c1-2-6-24-14-17(19(26)23-7-8-23)18(21-24)29(27,28)25-11-9-22(10-12-25)16-5-3-4-15(20)13-16/h3-5,13-14H,2,6-12H2,1H3. The molecule has 3 heterocycles. The molecule has 2 aliphatic heterocycles. The van der Waals surface area contributed by atoms with Gasteiger partial charge in [-0.1, -0.05) is 24.6 Å². The number of aryl methyl sites for hydroxylation is 1. The van der Waals surface area contributed by atoms with E-state index in [2.05, 4.69) is 10.00 Å². The summed E-state index contributed by atoms with van der Waals surface area (Å²) in [5.41, 5.74) is 1.15. The van der Waals surface area contributed by atoms with Gasteiger partial charge in [0.1, 0.15) is 0 Å². The predicted molar refractivity (Wildman–Crippen MR) is 111 cm³/mol. The molecule has 2 aliphatic rings. The van der Waals surface area contributed by atoms with E-state index in [1.807, 2.05) is 31.2 Å². The number of amides is 1. The van der Waals surface area contributed by atoms with Gasteiger partial charge in [-0.2, -0.15) is 9.40 Å². The number of carbonyl (C=O) groups is 1. The molecule has 0 atom stereocenters. The van der Waals surface area contributed by atoms with Crippen LogP contribution >= 0.6 is 11.6 Å². The van der Waals surface area contributed by atoms with Crippen LogP contribution in [-0.2, 0) is 16.6 Å². The Morgan fingerprint density at radius 2 is 1.86 bits per heavy atom. The smallest absolute Gasteiger partial charge is 0.263 e. The van der Waals surface area contributed by atoms with Crippen molar-refractivity contribution in [1.82, 2.24) is 19.0 Å². The van der Waals surface area contributed by atoms with Crippen molar-refractivity contribution in [2.45, 2.75) is 24.9 Å². The fourth-order valence-corrected chi connectivity index (χ4v) is 5.19. The highest BCUT2D eigenvalue weighted by atomic mass is 35.5. The van der Waals surface area contributed by atoms with Crippen molar-refractivity contribution >= 4 is 33.2 Å². The Morgan fingerprint density at radius 1 is 1.14 bits per heavy atom. The molecule has 0 N–H and O–H groups in total. The molecule has 0 saturated carbocycles. The fourth-order valence-electron chi connectivity index (χ4n) is 3.49. The lowest BCUT2D eigenvalue weighted by atomic mass is 10.2. The molecular weight excluding hydrogens is 414 g/mol. The third kappa shape index (κ3) is 4.12. The predicted octanol–water partition coefficient (Wildman–Crippen LogP) is 1.91. The first-order valence-corrected chi connectivity index (χ1v) is 11.6. The summed E-state index contributed by atoms with van der Waals surface area (Å²) < 4.78 is 29.6. The topological polar surface area (TPSA) is 78.5 Å². The Kier molecular flexibility index (Phi) is 5.54. The molecule has 0 bridgehead atoms. The van der Waals surface area contributed by atoms with Crippen LogP contribution in [0, 0.1) is 0 Å². The summed E-state index contributed by atoms with van der Waals surface area (Å²) in [4.78, 5) is 16.3. The maximum Gasteiger partial charge on any atom is 0.263 e. The van der Waals surface area contributed by atoms with Gasteiger partial charge in [0.15, 0.2) is 0 Å². The second-order valence-corrected chi connectivity index (χ2v) is 9.56. The number of carbonyl (C=O) groups excluding carboxylic acids is 1. The van der Waals surface area contributed by atoms with Gasteiger partial charge in [0.25, 0.3) is 15.9 Å². The Bertz CT molecular complexity index is 1010. The highest BCUT2D eigenvalue weighted by molar-refractivity contribution is 7.89. The molecule has 1 amide bonds. The number of rotatable bonds is 6. The second-order valence-electron chi connectivity index (χ2n) is 7.27. The van der Waals surface area contributed by atoms with Crippen LogP contribution in [0.3, 0.4) is 0 Å². The second kappa shape index (κ2) is 7.97. The third-order valence-corrected chi connectivity index (χ3v) is 7.21. The Hall–Kier alpha value is -2.10. The minimum atomic E-state index is -3.85. The van der Waals surface area contributed by atoms with Crippen molar-refractivity contribution in [1.29, 1.82) is 0 Å². The number of hydrogen-bond acceptors (Lipinski definition) is 5. The van der Waals surface area contributed by atoms with Crippen LogP contribution in [-0.4, -0.2) is 72.6 Å². The zero-order valence-corrected chi connectivity index (χ0v) is 17.9. The lowest BCUT2D eigenvalue weighted by Crippen LogP contribution is -2.49. The van der Waals surface area contributed by atoms with E-state index in [1.165, 1.54) is 4.31 Å². The first kappa shape index (κ1) is 20.2. The van der Waals surface area contributed by atoms with Crippen LogP contribution in [0.4, 0.5) is 5.69 Å². The summed E-state index contributed by atoms with van der Waals surface area (Å²) >= 11 is 6.07. The van der Waals surface area contributed by atoms with Crippen molar-refractivity contribution in [3.05, 3.63) is 41.0 Å². The van der Waals surface area contributed by atoms with E-state index in [1.54, 1.807) is 15.8 Å². The largest absolute Gasteiger partial charge is 0.369 e. The van der Waals surface area contributed by atoms with E-state index in [-0.39, 0.29) is 16.5 Å². The van der Waals surface area contributed by atoms with Gasteiger partial charge < -0.3 is 9.80 Å². The molecule has 0 unspecified atom stereocenters. The van der Waals surface area contributed by atoms with E-state index in [0.29, 0.717) is 50.8 Å². The van der Waals surface area contributed by atoms with Gasteiger partial charge in [0.05, 0.1) is 5.56 Å². The first-order valence-electron chi connectivity index (χ1n) is 9.77. The molecule has 1 aromatic carbocycles. The summed E-state index contributed by atoms with van der Waals surface area (Å²) in [6, 6.07) is 7.53. The van der Waals surface area contributed by atoms with Gasteiger partial charge in [0.2, 0.25) is 5.03 Å². The average molecular weight is 438 g/mol. The molecule has 0 spiro atoms. The van der Waals surface area contributed by atoms with Crippen molar-refractivity contribution in [3.63, 3.8) is 0 Å². The molecule has 0 radical (unpaired) electrons. The molecule has 8 nitrogen and oxygen atoms in total. The third-order valence-electron chi connectivity index (χ3n) is 5.14. The van der Waals surface area contributed by atoms with E-state index in [9.17, 15) is 13.2 Å². The maximum atomic E-state index is 13.3. The molecule has 2 saturated heterocycles. The zero-order chi connectivity index (χ0) is 20.6. The molecule has 2 fully saturated rings. The quantitative estimate of drug-likeness (QED) is 0.645. The lowest BCUT2D eigenvalue weighted by Gasteiger charge is -2.35. The van der Waals surface area contributed by atoms with Crippen molar-refractivity contribution in [3.8, 4) is 0 Å². The van der Waals surface area contributed by atoms with Gasteiger partial charge >= 0.3 is 0 Å². The number of sulfonamides is 1. The SMILES string of the molecule is CCCn1cc(C(=O)N2CC2)c(S(=O)(=O)N2CCN(c3cccc(Cl)c3)CC2)n1. The number of benzene rings is 1. The molecule has 10 heteroatoms. The van der Waals surface area contributed by atoms with E-state index in [4.69, 9.17) is 11.6 Å². The number of piperazine rings is 1. The summed E-state index contributed by atoms with van der Waals surface area (Å²) in [7, 11) is -3.85. The van der Waals surface area contributed by atoms with Crippen molar-refractivity contribution in [2.75, 3.05) is 44.2 Å². The number of aromatic nitrogens is 2. The van der Waals surface area contributed by atoms with Crippen LogP contribution < -0.4 is 4.90 Å². The molecule has 156 valence electrons. The average Bonchev–Trinajstić information content (AvgIpc) is 3.47. The minimum absolute atomic E-state index is 0.126. The van der Waals surface area contributed by atoms with Crippen LogP contribution in [0.15, 0.2) is 35.5 Å². The summed E-state index contributed by atoms with van der Waals surface area (Å²) in [6.07, 6.45) is 2.37. The van der Waals surface area contributed by atoms with Crippen LogP contribution in [0.5, 0.6) is 0 Å². The highest BCUT2D eigenvalue weighted by Crippen LogP contribution is 2.26. The zero-order valence-electron chi connectivity index (χ0n) is 16.3. The number of nitrogens with zero attached hydrogens (tertiary/aromatic N) is 5. The van der Waals surface area contributed by atoms with Crippen LogP contribution in [0.2, 0.25) is 5.02 Å². The number of anilines is 1. The summed E-state index contributed by atoms with van der Waals surface area (Å²) in [6.45, 7) is 5.62. The van der Waals surface area contributed by atoms with Crippen LogP contribution in [0.1, 0.15) is 23.7 Å². The van der Waals surface area contributed by atoms with E-state index >= 15 is 0 Å². The molecule has 4 rings (SSSR count). The number of hydrogen-bond donors (Lipinski definition) is 0. The van der Waals surface area contributed by atoms with E-state index < -0.39 is 10.0 Å². The highest BCUT2D eigenvalue weighted by Gasteiger charge is 2.37. The summed E-state index contributed by atoms with van der Waals surface area (Å²) in [5, 5.41) is 4.80. The van der Waals surface area contributed by atoms with Crippen molar-refractivity contribution < 1.29 is 13.2 Å². The van der Waals surface area contributed by atoms with Gasteiger partial charge in [-0.25, -0.2) is 8.42 Å². The molecule has 0 aliphatic carbocycles. The molecule has 29 heavy (non-hydrogen) atoms. The fraction of sp³-hybridized carbons (Fsp3) is 0.474. The Balaban J connectivity index is 1.55. The first-order chi connectivity index (χ1) is 13.9. The Labute approximate surface area is 175 Å². The van der Waals surface area contributed by atoms with Crippen molar-refractivity contribution in [2.24, 2.45) is 0 Å².